The molecule has 1 aromatic heterocycles. The summed E-state index contributed by atoms with van der Waals surface area (Å²) in [6, 6.07) is 1.14. The SMILES string of the molecule is CC(CNC(=O)c1cc(S(=O)(=O)Cl)c[nH]1)S(C)=O. The quantitative estimate of drug-likeness (QED) is 0.771. The summed E-state index contributed by atoms with van der Waals surface area (Å²) in [6.07, 6.45) is 2.68. The van der Waals surface area contributed by atoms with Crippen LogP contribution in [-0.4, -0.2) is 41.6 Å². The summed E-state index contributed by atoms with van der Waals surface area (Å²) >= 11 is 0. The van der Waals surface area contributed by atoms with Gasteiger partial charge in [-0.25, -0.2) is 8.42 Å². The van der Waals surface area contributed by atoms with Crippen LogP contribution in [0.5, 0.6) is 0 Å². The predicted molar refractivity (Wildman–Crippen MR) is 69.7 cm³/mol. The number of halogens is 1. The highest BCUT2D eigenvalue weighted by Crippen LogP contribution is 2.15. The van der Waals surface area contributed by atoms with Gasteiger partial charge in [0.05, 0.1) is 0 Å². The molecule has 0 bridgehead atoms. The lowest BCUT2D eigenvalue weighted by Crippen LogP contribution is -2.32. The van der Waals surface area contributed by atoms with Crippen molar-refractivity contribution in [1.82, 2.24) is 10.3 Å². The maximum absolute atomic E-state index is 11.6. The number of nitrogens with one attached hydrogen (secondary N) is 2. The Morgan fingerprint density at radius 1 is 1.61 bits per heavy atom. The van der Waals surface area contributed by atoms with Crippen LogP contribution in [-0.2, 0) is 19.9 Å². The Hall–Kier alpha value is -0.860. The van der Waals surface area contributed by atoms with Crippen molar-refractivity contribution < 1.29 is 17.4 Å². The number of H-pyrrole nitrogens is 1. The lowest BCUT2D eigenvalue weighted by atomic mass is 10.4. The first-order chi connectivity index (χ1) is 8.21. The number of carbonyl (C=O) groups excluding carboxylic acids is 1. The topological polar surface area (TPSA) is 96.1 Å². The third-order valence-corrected chi connectivity index (χ3v) is 4.93. The molecule has 0 radical (unpaired) electrons. The van der Waals surface area contributed by atoms with Crippen molar-refractivity contribution in [3.8, 4) is 0 Å². The molecule has 1 amide bonds. The van der Waals surface area contributed by atoms with Crippen LogP contribution in [0, 0.1) is 0 Å². The molecule has 6 nitrogen and oxygen atoms in total. The minimum absolute atomic E-state index is 0.0864. The van der Waals surface area contributed by atoms with Crippen LogP contribution in [0.25, 0.3) is 0 Å². The van der Waals surface area contributed by atoms with Gasteiger partial charge in [0, 0.05) is 45.7 Å². The first-order valence-corrected chi connectivity index (χ1v) is 8.88. The number of amides is 1. The third-order valence-electron chi connectivity index (χ3n) is 2.30. The largest absolute Gasteiger partial charge is 0.356 e. The Kier molecular flexibility index (Phi) is 4.94. The van der Waals surface area contributed by atoms with Gasteiger partial charge in [0.2, 0.25) is 0 Å². The number of aromatic nitrogens is 1. The van der Waals surface area contributed by atoms with E-state index in [1.165, 1.54) is 0 Å². The van der Waals surface area contributed by atoms with E-state index in [1.807, 2.05) is 0 Å². The molecule has 0 aliphatic carbocycles. The van der Waals surface area contributed by atoms with E-state index in [4.69, 9.17) is 10.7 Å². The molecule has 1 heterocycles. The summed E-state index contributed by atoms with van der Waals surface area (Å²) in [4.78, 5) is 14.0. The van der Waals surface area contributed by atoms with E-state index >= 15 is 0 Å². The summed E-state index contributed by atoms with van der Waals surface area (Å²) in [7, 11) is 0.244. The third kappa shape index (κ3) is 4.11. The molecule has 0 saturated heterocycles. The lowest BCUT2D eigenvalue weighted by molar-refractivity contribution is 0.0949. The second-order valence-electron chi connectivity index (χ2n) is 3.71. The zero-order chi connectivity index (χ0) is 13.9. The van der Waals surface area contributed by atoms with Gasteiger partial charge in [0.15, 0.2) is 0 Å². The van der Waals surface area contributed by atoms with Crippen LogP contribution in [0.4, 0.5) is 0 Å². The molecular weight excluding hydrogens is 300 g/mol. The molecule has 2 atom stereocenters. The molecule has 2 N–H and O–H groups in total. The van der Waals surface area contributed by atoms with Gasteiger partial charge in [-0.1, -0.05) is 0 Å². The number of rotatable bonds is 5. The fourth-order valence-corrected chi connectivity index (χ4v) is 2.14. The van der Waals surface area contributed by atoms with Crippen LogP contribution < -0.4 is 5.32 Å². The molecule has 0 spiro atoms. The molecule has 2 unspecified atom stereocenters. The molecule has 0 fully saturated rings. The summed E-state index contributed by atoms with van der Waals surface area (Å²) in [5.74, 6) is -0.473. The Balaban J connectivity index is 2.69. The molecule has 0 aliphatic heterocycles. The van der Waals surface area contributed by atoms with E-state index in [0.29, 0.717) is 0 Å². The first kappa shape index (κ1) is 15.2. The standard InChI is InChI=1S/C9H13ClN2O4S2/c1-6(17(2)14)4-12-9(13)8-3-7(5-11-8)18(10,15)16/h3,5-6,11H,4H2,1-2H3,(H,12,13). The van der Waals surface area contributed by atoms with Crippen LogP contribution in [0.1, 0.15) is 17.4 Å². The zero-order valence-electron chi connectivity index (χ0n) is 9.77. The number of aromatic amines is 1. The fraction of sp³-hybridized carbons (Fsp3) is 0.444. The minimum Gasteiger partial charge on any atom is -0.356 e. The second-order valence-corrected chi connectivity index (χ2v) is 8.07. The fourth-order valence-electron chi connectivity index (χ4n) is 1.10. The molecule has 9 heteroatoms. The zero-order valence-corrected chi connectivity index (χ0v) is 12.2. The molecule has 18 heavy (non-hydrogen) atoms. The number of hydrogen-bond donors (Lipinski definition) is 2. The highest BCUT2D eigenvalue weighted by molar-refractivity contribution is 8.13. The molecule has 1 aromatic rings. The van der Waals surface area contributed by atoms with Gasteiger partial charge in [-0.3, -0.25) is 9.00 Å². The van der Waals surface area contributed by atoms with Gasteiger partial charge in [0.1, 0.15) is 10.6 Å². The average molecular weight is 313 g/mol. The molecule has 0 saturated carbocycles. The summed E-state index contributed by atoms with van der Waals surface area (Å²) in [6.45, 7) is 1.98. The molecule has 1 rings (SSSR count). The monoisotopic (exact) mass is 312 g/mol. The minimum atomic E-state index is -3.85. The predicted octanol–water partition coefficient (Wildman–Crippen LogP) is 0.439. The Morgan fingerprint density at radius 3 is 2.67 bits per heavy atom. The number of carbonyl (C=O) groups is 1. The molecule has 0 aliphatic rings. The maximum Gasteiger partial charge on any atom is 0.267 e. The van der Waals surface area contributed by atoms with Crippen LogP contribution in [0.3, 0.4) is 0 Å². The van der Waals surface area contributed by atoms with Crippen molar-refractivity contribution in [2.45, 2.75) is 17.1 Å². The van der Waals surface area contributed by atoms with E-state index in [2.05, 4.69) is 10.3 Å². The maximum atomic E-state index is 11.6. The molecule has 102 valence electrons. The number of hydrogen-bond acceptors (Lipinski definition) is 4. The lowest BCUT2D eigenvalue weighted by Gasteiger charge is -2.08. The van der Waals surface area contributed by atoms with Crippen LogP contribution in [0.15, 0.2) is 17.2 Å². The highest BCUT2D eigenvalue weighted by Gasteiger charge is 2.16. The van der Waals surface area contributed by atoms with Crippen molar-refractivity contribution in [2.75, 3.05) is 12.8 Å². The van der Waals surface area contributed by atoms with Crippen molar-refractivity contribution >= 4 is 36.4 Å². The Morgan fingerprint density at radius 2 is 2.22 bits per heavy atom. The van der Waals surface area contributed by atoms with E-state index in [9.17, 15) is 17.4 Å². The van der Waals surface area contributed by atoms with Crippen LogP contribution >= 0.6 is 10.7 Å². The van der Waals surface area contributed by atoms with E-state index in [0.717, 1.165) is 12.3 Å². The molecule has 0 aromatic carbocycles. The second kappa shape index (κ2) is 5.85. The highest BCUT2D eigenvalue weighted by atomic mass is 35.7. The van der Waals surface area contributed by atoms with Gasteiger partial charge < -0.3 is 10.3 Å². The summed E-state index contributed by atoms with van der Waals surface area (Å²) in [5, 5.41) is 2.36. The smallest absolute Gasteiger partial charge is 0.267 e. The average Bonchev–Trinajstić information content (AvgIpc) is 2.73. The van der Waals surface area contributed by atoms with Crippen molar-refractivity contribution in [3.05, 3.63) is 18.0 Å². The van der Waals surface area contributed by atoms with Gasteiger partial charge in [-0.05, 0) is 13.0 Å². The summed E-state index contributed by atoms with van der Waals surface area (Å²) < 4.78 is 33.1. The summed E-state index contributed by atoms with van der Waals surface area (Å²) in [5.41, 5.74) is 0.0864. The van der Waals surface area contributed by atoms with Crippen LogP contribution in [0.2, 0.25) is 0 Å². The Bertz CT molecular complexity index is 567. The molecular formula is C9H13ClN2O4S2. The van der Waals surface area contributed by atoms with Gasteiger partial charge in [-0.2, -0.15) is 0 Å². The van der Waals surface area contributed by atoms with Crippen molar-refractivity contribution in [2.24, 2.45) is 0 Å². The first-order valence-electron chi connectivity index (χ1n) is 4.95. The Labute approximate surface area is 112 Å². The van der Waals surface area contributed by atoms with Gasteiger partial charge in [0.25, 0.3) is 15.0 Å². The normalized spacial score (nSPS) is 15.1. The van der Waals surface area contributed by atoms with Crippen molar-refractivity contribution in [1.29, 1.82) is 0 Å². The van der Waals surface area contributed by atoms with E-state index < -0.39 is 25.8 Å². The van der Waals surface area contributed by atoms with E-state index in [1.54, 1.807) is 13.2 Å². The van der Waals surface area contributed by atoms with Crippen molar-refractivity contribution in [3.63, 3.8) is 0 Å². The van der Waals surface area contributed by atoms with Gasteiger partial charge in [-0.15, -0.1) is 0 Å². The van der Waals surface area contributed by atoms with Gasteiger partial charge >= 0.3 is 0 Å². The van der Waals surface area contributed by atoms with E-state index in [-0.39, 0.29) is 22.4 Å².